The van der Waals surface area contributed by atoms with Crippen LogP contribution in [-0.4, -0.2) is 35.7 Å². The second kappa shape index (κ2) is 10.9. The predicted octanol–water partition coefficient (Wildman–Crippen LogP) is 2.74. The second-order valence-electron chi connectivity index (χ2n) is 4.59. The lowest BCUT2D eigenvalue weighted by atomic mass is 10.2. The van der Waals surface area contributed by atoms with Crippen molar-refractivity contribution < 1.29 is 4.52 Å². The van der Waals surface area contributed by atoms with Crippen molar-refractivity contribution in [2.24, 2.45) is 4.99 Å². The van der Waals surface area contributed by atoms with Gasteiger partial charge in [-0.25, -0.2) is 0 Å². The summed E-state index contributed by atoms with van der Waals surface area (Å²) in [5, 5.41) is 10.8. The van der Waals surface area contributed by atoms with Gasteiger partial charge < -0.3 is 15.2 Å². The first kappa shape index (κ1) is 20.3. The first-order valence-corrected chi connectivity index (χ1v) is 7.65. The Bertz CT molecular complexity index is 693. The van der Waals surface area contributed by atoms with E-state index in [1.165, 1.54) is 0 Å². The molecule has 0 atom stereocenters. The standard InChI is InChI=1S/C16H18ClN5O.HI/c1-3-10-19-16(18-4-2)20-11-9-14-21-15(22-23-14)12-5-7-13(17)8-6-12;/h1,5-8H,4,9-11H2,2H3,(H2,18,19,20);1H. The highest BCUT2D eigenvalue weighted by atomic mass is 127. The molecule has 0 saturated carbocycles. The van der Waals surface area contributed by atoms with Gasteiger partial charge in [0.05, 0.1) is 13.1 Å². The van der Waals surface area contributed by atoms with Gasteiger partial charge in [0.2, 0.25) is 11.7 Å². The van der Waals surface area contributed by atoms with Crippen LogP contribution in [0.15, 0.2) is 33.8 Å². The fourth-order valence-corrected chi connectivity index (χ4v) is 1.94. The van der Waals surface area contributed by atoms with Gasteiger partial charge in [-0.05, 0) is 31.2 Å². The SMILES string of the molecule is C#CCNC(=NCCc1nc(-c2ccc(Cl)cc2)no1)NCC.I. The van der Waals surface area contributed by atoms with Crippen LogP contribution in [0.1, 0.15) is 12.8 Å². The molecule has 0 amide bonds. The zero-order valence-electron chi connectivity index (χ0n) is 13.3. The molecular formula is C16H19ClIN5O. The normalized spacial score (nSPS) is 10.6. The van der Waals surface area contributed by atoms with E-state index in [4.69, 9.17) is 22.5 Å². The van der Waals surface area contributed by atoms with Gasteiger partial charge >= 0.3 is 0 Å². The monoisotopic (exact) mass is 459 g/mol. The zero-order chi connectivity index (χ0) is 16.5. The molecule has 0 unspecified atom stereocenters. The van der Waals surface area contributed by atoms with Crippen LogP contribution < -0.4 is 10.6 Å². The molecule has 8 heteroatoms. The van der Waals surface area contributed by atoms with Gasteiger partial charge in [-0.15, -0.1) is 30.4 Å². The van der Waals surface area contributed by atoms with Gasteiger partial charge in [0.25, 0.3) is 0 Å². The van der Waals surface area contributed by atoms with E-state index < -0.39 is 0 Å². The van der Waals surface area contributed by atoms with Crippen molar-refractivity contribution in [3.63, 3.8) is 0 Å². The Hall–Kier alpha value is -1.79. The molecule has 0 aliphatic rings. The minimum Gasteiger partial charge on any atom is -0.357 e. The lowest BCUT2D eigenvalue weighted by Gasteiger charge is -2.07. The van der Waals surface area contributed by atoms with Crippen molar-refractivity contribution >= 4 is 41.5 Å². The minimum atomic E-state index is 0. The third-order valence-corrected chi connectivity index (χ3v) is 3.12. The number of benzene rings is 1. The average Bonchev–Trinajstić information content (AvgIpc) is 3.02. The van der Waals surface area contributed by atoms with E-state index in [-0.39, 0.29) is 24.0 Å². The van der Waals surface area contributed by atoms with E-state index in [1.807, 2.05) is 19.1 Å². The highest BCUT2D eigenvalue weighted by molar-refractivity contribution is 14.0. The number of halogens is 2. The second-order valence-corrected chi connectivity index (χ2v) is 5.02. The number of terminal acetylenes is 1. The molecular weight excluding hydrogens is 441 g/mol. The predicted molar refractivity (Wildman–Crippen MR) is 107 cm³/mol. The summed E-state index contributed by atoms with van der Waals surface area (Å²) in [6.45, 7) is 3.69. The van der Waals surface area contributed by atoms with Crippen LogP contribution in [0.3, 0.4) is 0 Å². The number of nitrogens with zero attached hydrogens (tertiary/aromatic N) is 3. The average molecular weight is 460 g/mol. The van der Waals surface area contributed by atoms with Gasteiger partial charge in [-0.3, -0.25) is 4.99 Å². The Kier molecular flexibility index (Phi) is 9.19. The zero-order valence-corrected chi connectivity index (χ0v) is 16.3. The Labute approximate surface area is 163 Å². The molecule has 0 saturated heterocycles. The van der Waals surface area contributed by atoms with E-state index >= 15 is 0 Å². The van der Waals surface area contributed by atoms with Crippen molar-refractivity contribution in [1.82, 2.24) is 20.8 Å². The summed E-state index contributed by atoms with van der Waals surface area (Å²) in [6, 6.07) is 7.28. The van der Waals surface area contributed by atoms with E-state index in [2.05, 4.69) is 31.7 Å². The summed E-state index contributed by atoms with van der Waals surface area (Å²) in [7, 11) is 0. The number of rotatable bonds is 6. The van der Waals surface area contributed by atoms with Gasteiger partial charge in [0.1, 0.15) is 0 Å². The van der Waals surface area contributed by atoms with Gasteiger partial charge in [-0.1, -0.05) is 22.7 Å². The molecule has 1 heterocycles. The Morgan fingerprint density at radius 2 is 2.08 bits per heavy atom. The quantitative estimate of drug-likeness (QED) is 0.301. The molecule has 128 valence electrons. The number of hydrogen-bond acceptors (Lipinski definition) is 4. The number of nitrogens with one attached hydrogen (secondary N) is 2. The van der Waals surface area contributed by atoms with Crippen molar-refractivity contribution in [1.29, 1.82) is 0 Å². The molecule has 2 rings (SSSR count). The van der Waals surface area contributed by atoms with Crippen LogP contribution >= 0.6 is 35.6 Å². The van der Waals surface area contributed by atoms with Gasteiger partial charge in [0.15, 0.2) is 5.96 Å². The van der Waals surface area contributed by atoms with Crippen LogP contribution in [0.25, 0.3) is 11.4 Å². The highest BCUT2D eigenvalue weighted by Gasteiger charge is 2.08. The van der Waals surface area contributed by atoms with Crippen LogP contribution in [0, 0.1) is 12.3 Å². The van der Waals surface area contributed by atoms with E-state index in [0.717, 1.165) is 12.1 Å². The molecule has 0 fully saturated rings. The Morgan fingerprint density at radius 1 is 1.33 bits per heavy atom. The maximum absolute atomic E-state index is 5.86. The molecule has 0 bridgehead atoms. The molecule has 0 aliphatic heterocycles. The summed E-state index contributed by atoms with van der Waals surface area (Å²) in [5.41, 5.74) is 0.858. The first-order chi connectivity index (χ1) is 11.2. The van der Waals surface area contributed by atoms with Gasteiger partial charge in [-0.2, -0.15) is 4.98 Å². The largest absolute Gasteiger partial charge is 0.357 e. The van der Waals surface area contributed by atoms with Crippen LogP contribution in [0.5, 0.6) is 0 Å². The first-order valence-electron chi connectivity index (χ1n) is 7.27. The molecule has 0 radical (unpaired) electrons. The summed E-state index contributed by atoms with van der Waals surface area (Å²) in [4.78, 5) is 8.75. The van der Waals surface area contributed by atoms with Crippen LogP contribution in [0.2, 0.25) is 5.02 Å². The number of aliphatic imine (C=N–C) groups is 1. The molecule has 6 nitrogen and oxygen atoms in total. The molecule has 0 spiro atoms. The van der Waals surface area contributed by atoms with Crippen molar-refractivity contribution in [2.75, 3.05) is 19.6 Å². The fraction of sp³-hybridized carbons (Fsp3) is 0.312. The number of guanidine groups is 1. The maximum atomic E-state index is 5.86. The molecule has 24 heavy (non-hydrogen) atoms. The Balaban J connectivity index is 0.00000288. The highest BCUT2D eigenvalue weighted by Crippen LogP contribution is 2.18. The van der Waals surface area contributed by atoms with E-state index in [9.17, 15) is 0 Å². The third-order valence-electron chi connectivity index (χ3n) is 2.87. The summed E-state index contributed by atoms with van der Waals surface area (Å²) < 4.78 is 5.24. The van der Waals surface area contributed by atoms with E-state index in [0.29, 0.717) is 42.2 Å². The van der Waals surface area contributed by atoms with Crippen molar-refractivity contribution in [3.05, 3.63) is 35.2 Å². The third kappa shape index (κ3) is 6.37. The topological polar surface area (TPSA) is 75.3 Å². The smallest absolute Gasteiger partial charge is 0.228 e. The van der Waals surface area contributed by atoms with Crippen LogP contribution in [0.4, 0.5) is 0 Å². The molecule has 1 aromatic carbocycles. The molecule has 0 aliphatic carbocycles. The maximum Gasteiger partial charge on any atom is 0.228 e. The summed E-state index contributed by atoms with van der Waals surface area (Å²) in [5.74, 6) is 4.25. The Morgan fingerprint density at radius 3 is 2.75 bits per heavy atom. The van der Waals surface area contributed by atoms with Crippen molar-refractivity contribution in [2.45, 2.75) is 13.3 Å². The number of hydrogen-bond donors (Lipinski definition) is 2. The summed E-state index contributed by atoms with van der Waals surface area (Å²) in [6.07, 6.45) is 5.77. The van der Waals surface area contributed by atoms with Crippen molar-refractivity contribution in [3.8, 4) is 23.7 Å². The summed E-state index contributed by atoms with van der Waals surface area (Å²) >= 11 is 5.86. The molecule has 2 N–H and O–H groups in total. The van der Waals surface area contributed by atoms with Crippen LogP contribution in [-0.2, 0) is 6.42 Å². The fourth-order valence-electron chi connectivity index (χ4n) is 1.81. The number of aromatic nitrogens is 2. The van der Waals surface area contributed by atoms with E-state index in [1.54, 1.807) is 12.1 Å². The molecule has 2 aromatic rings. The molecule has 1 aromatic heterocycles. The minimum absolute atomic E-state index is 0. The lowest BCUT2D eigenvalue weighted by Crippen LogP contribution is -2.37. The lowest BCUT2D eigenvalue weighted by molar-refractivity contribution is 0.380. The van der Waals surface area contributed by atoms with Gasteiger partial charge in [0, 0.05) is 23.6 Å².